The van der Waals surface area contributed by atoms with Gasteiger partial charge in [0.15, 0.2) is 5.69 Å². The molecule has 2 fully saturated rings. The Morgan fingerprint density at radius 1 is 1.19 bits per heavy atom. The van der Waals surface area contributed by atoms with Gasteiger partial charge >= 0.3 is 0 Å². The summed E-state index contributed by atoms with van der Waals surface area (Å²) in [5, 5.41) is 12.5. The number of benzene rings is 1. The SMILES string of the molecule is O=C(c1cn(C2CCNCC2)nn1)N(CCc1ccc(Cl)cc1)CC1CC1. The van der Waals surface area contributed by atoms with Crippen LogP contribution >= 0.6 is 11.6 Å². The molecule has 2 aliphatic rings. The number of aromatic nitrogens is 3. The van der Waals surface area contributed by atoms with E-state index in [1.807, 2.05) is 40.0 Å². The fraction of sp³-hybridized carbons (Fsp3) is 0.550. The highest BCUT2D eigenvalue weighted by molar-refractivity contribution is 6.30. The van der Waals surface area contributed by atoms with Crippen molar-refractivity contribution in [2.75, 3.05) is 26.2 Å². The second-order valence-electron chi connectivity index (χ2n) is 7.64. The van der Waals surface area contributed by atoms with Crippen molar-refractivity contribution in [1.29, 1.82) is 0 Å². The maximum Gasteiger partial charge on any atom is 0.276 e. The summed E-state index contributed by atoms with van der Waals surface area (Å²) < 4.78 is 1.88. The number of nitrogens with zero attached hydrogens (tertiary/aromatic N) is 4. The third kappa shape index (κ3) is 4.87. The fourth-order valence-electron chi connectivity index (χ4n) is 3.59. The van der Waals surface area contributed by atoms with Crippen LogP contribution < -0.4 is 5.32 Å². The van der Waals surface area contributed by atoms with E-state index in [1.165, 1.54) is 18.4 Å². The van der Waals surface area contributed by atoms with Crippen LogP contribution in [-0.2, 0) is 6.42 Å². The Morgan fingerprint density at radius 2 is 1.93 bits per heavy atom. The lowest BCUT2D eigenvalue weighted by Gasteiger charge is -2.22. The minimum Gasteiger partial charge on any atom is -0.337 e. The number of nitrogens with one attached hydrogen (secondary N) is 1. The maximum atomic E-state index is 13.1. The first-order valence-electron chi connectivity index (χ1n) is 9.85. The Kier molecular flexibility index (Phi) is 5.74. The molecule has 1 aromatic carbocycles. The zero-order valence-corrected chi connectivity index (χ0v) is 16.2. The quantitative estimate of drug-likeness (QED) is 0.793. The van der Waals surface area contributed by atoms with Crippen LogP contribution in [-0.4, -0.2) is 52.0 Å². The van der Waals surface area contributed by atoms with Gasteiger partial charge in [-0.1, -0.05) is 28.9 Å². The molecule has 1 saturated heterocycles. The first-order chi connectivity index (χ1) is 13.2. The van der Waals surface area contributed by atoms with Crippen LogP contribution in [0.1, 0.15) is 47.8 Å². The molecule has 1 N–H and O–H groups in total. The predicted octanol–water partition coefficient (Wildman–Crippen LogP) is 2.95. The van der Waals surface area contributed by atoms with Gasteiger partial charge in [0, 0.05) is 18.1 Å². The molecule has 2 aromatic rings. The summed E-state index contributed by atoms with van der Waals surface area (Å²) in [6.45, 7) is 3.48. The normalized spacial score (nSPS) is 17.8. The number of halogens is 1. The number of hydrogen-bond acceptors (Lipinski definition) is 4. The number of hydrogen-bond donors (Lipinski definition) is 1. The summed E-state index contributed by atoms with van der Waals surface area (Å²) in [5.41, 5.74) is 1.65. The van der Waals surface area contributed by atoms with E-state index in [0.717, 1.165) is 43.9 Å². The van der Waals surface area contributed by atoms with Gasteiger partial charge in [-0.05, 0) is 68.8 Å². The van der Waals surface area contributed by atoms with Crippen LogP contribution in [0.4, 0.5) is 0 Å². The van der Waals surface area contributed by atoms with Crippen LogP contribution in [0.15, 0.2) is 30.5 Å². The van der Waals surface area contributed by atoms with Gasteiger partial charge in [-0.3, -0.25) is 4.79 Å². The van der Waals surface area contributed by atoms with Crippen LogP contribution in [0.3, 0.4) is 0 Å². The van der Waals surface area contributed by atoms with Crippen LogP contribution in [0.5, 0.6) is 0 Å². The summed E-state index contributed by atoms with van der Waals surface area (Å²) in [5.74, 6) is 0.634. The summed E-state index contributed by atoms with van der Waals surface area (Å²) in [4.78, 5) is 15.0. The molecular formula is C20H26ClN5O. The maximum absolute atomic E-state index is 13.1. The fourth-order valence-corrected chi connectivity index (χ4v) is 3.72. The average molecular weight is 388 g/mol. The lowest BCUT2D eigenvalue weighted by Crippen LogP contribution is -2.35. The van der Waals surface area contributed by atoms with Gasteiger partial charge in [0.2, 0.25) is 0 Å². The minimum atomic E-state index is -0.00366. The van der Waals surface area contributed by atoms with Gasteiger partial charge in [-0.25, -0.2) is 4.68 Å². The highest BCUT2D eigenvalue weighted by Gasteiger charge is 2.29. The lowest BCUT2D eigenvalue weighted by molar-refractivity contribution is 0.0743. The van der Waals surface area contributed by atoms with E-state index in [4.69, 9.17) is 11.6 Å². The highest BCUT2D eigenvalue weighted by Crippen LogP contribution is 2.30. The van der Waals surface area contributed by atoms with E-state index >= 15 is 0 Å². The molecular weight excluding hydrogens is 362 g/mol. The third-order valence-electron chi connectivity index (χ3n) is 5.46. The molecule has 1 amide bonds. The molecule has 1 aliphatic carbocycles. The topological polar surface area (TPSA) is 63.1 Å². The summed E-state index contributed by atoms with van der Waals surface area (Å²) in [6.07, 6.45) is 7.14. The Labute approximate surface area is 164 Å². The van der Waals surface area contributed by atoms with Crippen molar-refractivity contribution in [3.63, 3.8) is 0 Å². The molecule has 1 aromatic heterocycles. The molecule has 1 aliphatic heterocycles. The van der Waals surface area contributed by atoms with E-state index in [2.05, 4.69) is 15.6 Å². The standard InChI is InChI=1S/C20H26ClN5O/c21-17-5-3-15(4-6-17)9-12-25(13-16-1-2-16)20(27)19-14-26(24-23-19)18-7-10-22-11-8-18/h3-6,14,16,18,22H,1-2,7-13H2. The van der Waals surface area contributed by atoms with Gasteiger partial charge < -0.3 is 10.2 Å². The molecule has 0 unspecified atom stereocenters. The van der Waals surface area contributed by atoms with E-state index in [0.29, 0.717) is 24.2 Å². The average Bonchev–Trinajstić information content (AvgIpc) is 3.38. The van der Waals surface area contributed by atoms with Crippen molar-refractivity contribution < 1.29 is 4.79 Å². The van der Waals surface area contributed by atoms with Crippen molar-refractivity contribution in [2.24, 2.45) is 5.92 Å². The second-order valence-corrected chi connectivity index (χ2v) is 8.07. The molecule has 144 valence electrons. The van der Waals surface area contributed by atoms with Gasteiger partial charge in [0.1, 0.15) is 0 Å². The number of carbonyl (C=O) groups excluding carboxylic acids is 1. The smallest absolute Gasteiger partial charge is 0.276 e. The number of rotatable bonds is 7. The molecule has 0 radical (unpaired) electrons. The monoisotopic (exact) mass is 387 g/mol. The first kappa shape index (κ1) is 18.4. The van der Waals surface area contributed by atoms with Crippen molar-refractivity contribution in [3.05, 3.63) is 46.7 Å². The van der Waals surface area contributed by atoms with Crippen LogP contribution in [0, 0.1) is 5.92 Å². The van der Waals surface area contributed by atoms with E-state index in [9.17, 15) is 4.79 Å². The highest BCUT2D eigenvalue weighted by atomic mass is 35.5. The largest absolute Gasteiger partial charge is 0.337 e. The lowest BCUT2D eigenvalue weighted by atomic mass is 10.1. The van der Waals surface area contributed by atoms with Gasteiger partial charge in [0.25, 0.3) is 5.91 Å². The molecule has 7 heteroatoms. The van der Waals surface area contributed by atoms with Gasteiger partial charge in [-0.2, -0.15) is 0 Å². The summed E-state index contributed by atoms with van der Waals surface area (Å²) in [6, 6.07) is 8.18. The zero-order valence-electron chi connectivity index (χ0n) is 15.5. The number of piperidine rings is 1. The van der Waals surface area contributed by atoms with Crippen molar-refractivity contribution in [3.8, 4) is 0 Å². The van der Waals surface area contributed by atoms with Gasteiger partial charge in [-0.15, -0.1) is 5.10 Å². The van der Waals surface area contributed by atoms with E-state index in [-0.39, 0.29) is 5.91 Å². The number of carbonyl (C=O) groups is 1. The molecule has 1 saturated carbocycles. The molecule has 27 heavy (non-hydrogen) atoms. The van der Waals surface area contributed by atoms with Crippen molar-refractivity contribution in [1.82, 2.24) is 25.2 Å². The summed E-state index contributed by atoms with van der Waals surface area (Å²) in [7, 11) is 0. The Hall–Kier alpha value is -1.92. The number of amides is 1. The third-order valence-corrected chi connectivity index (χ3v) is 5.71. The molecule has 2 heterocycles. The van der Waals surface area contributed by atoms with Crippen molar-refractivity contribution >= 4 is 17.5 Å². The zero-order chi connectivity index (χ0) is 18.6. The van der Waals surface area contributed by atoms with Gasteiger partial charge in [0.05, 0.1) is 12.2 Å². The van der Waals surface area contributed by atoms with E-state index < -0.39 is 0 Å². The molecule has 6 nitrogen and oxygen atoms in total. The molecule has 0 bridgehead atoms. The second kappa shape index (κ2) is 8.40. The molecule has 4 rings (SSSR count). The first-order valence-corrected chi connectivity index (χ1v) is 10.2. The van der Waals surface area contributed by atoms with Crippen molar-refractivity contribution in [2.45, 2.75) is 38.1 Å². The summed E-state index contributed by atoms with van der Waals surface area (Å²) >= 11 is 5.96. The van der Waals surface area contributed by atoms with Crippen LogP contribution in [0.25, 0.3) is 0 Å². The Bertz CT molecular complexity index is 765. The molecule has 0 spiro atoms. The van der Waals surface area contributed by atoms with E-state index in [1.54, 1.807) is 0 Å². The molecule has 0 atom stereocenters. The van der Waals surface area contributed by atoms with Crippen LogP contribution in [0.2, 0.25) is 5.02 Å². The Balaban J connectivity index is 1.42. The minimum absolute atomic E-state index is 0.00366. The Morgan fingerprint density at radius 3 is 2.63 bits per heavy atom. The predicted molar refractivity (Wildman–Crippen MR) is 105 cm³/mol.